The van der Waals surface area contributed by atoms with Crippen LogP contribution in [0.25, 0.3) is 0 Å². The van der Waals surface area contributed by atoms with Gasteiger partial charge in [0.2, 0.25) is 0 Å². The summed E-state index contributed by atoms with van der Waals surface area (Å²) >= 11 is 0. The van der Waals surface area contributed by atoms with E-state index in [1.165, 1.54) is 0 Å². The van der Waals surface area contributed by atoms with Crippen LogP contribution in [0.4, 0.5) is 0 Å². The Morgan fingerprint density at radius 2 is 2.07 bits per heavy atom. The summed E-state index contributed by atoms with van der Waals surface area (Å²) in [4.78, 5) is 11.4. The molecular weight excluding hydrogens is 180 g/mol. The molecule has 0 aromatic rings. The molecule has 0 bridgehead atoms. The zero-order valence-electron chi connectivity index (χ0n) is 8.77. The van der Waals surface area contributed by atoms with Gasteiger partial charge in [-0.05, 0) is 25.7 Å². The lowest BCUT2D eigenvalue weighted by Gasteiger charge is -2.42. The van der Waals surface area contributed by atoms with Crippen LogP contribution in [0.15, 0.2) is 0 Å². The molecule has 3 heteroatoms. The van der Waals surface area contributed by atoms with Crippen LogP contribution in [0.5, 0.6) is 0 Å². The maximum atomic E-state index is 11.4. The van der Waals surface area contributed by atoms with Crippen molar-refractivity contribution in [1.82, 2.24) is 0 Å². The van der Waals surface area contributed by atoms with Crippen LogP contribution in [0, 0.1) is 17.8 Å². The Hall–Kier alpha value is -0.570. The quantitative estimate of drug-likeness (QED) is 0.597. The standard InChI is InChI=1S/C11H18O3/c1-6-3-4-8-9(5-6)14-11(13)7(2)10(8)12/h6-10,12H,3-5H2,1-2H3. The number of hydrogen-bond acceptors (Lipinski definition) is 3. The summed E-state index contributed by atoms with van der Waals surface area (Å²) in [6, 6.07) is 0. The van der Waals surface area contributed by atoms with Gasteiger partial charge in [-0.3, -0.25) is 4.79 Å². The highest BCUT2D eigenvalue weighted by Crippen LogP contribution is 2.38. The number of fused-ring (bicyclic) bond motifs is 1. The van der Waals surface area contributed by atoms with Crippen molar-refractivity contribution < 1.29 is 14.6 Å². The molecule has 5 unspecified atom stereocenters. The van der Waals surface area contributed by atoms with Crippen molar-refractivity contribution in [1.29, 1.82) is 0 Å². The minimum absolute atomic E-state index is 0.0301. The first-order valence-electron chi connectivity index (χ1n) is 5.48. The van der Waals surface area contributed by atoms with Crippen molar-refractivity contribution in [2.75, 3.05) is 0 Å². The molecule has 2 rings (SSSR count). The van der Waals surface area contributed by atoms with Crippen LogP contribution in [-0.2, 0) is 9.53 Å². The molecule has 0 radical (unpaired) electrons. The highest BCUT2D eigenvalue weighted by atomic mass is 16.5. The van der Waals surface area contributed by atoms with Crippen molar-refractivity contribution in [2.24, 2.45) is 17.8 Å². The predicted molar refractivity (Wildman–Crippen MR) is 51.6 cm³/mol. The third-order valence-corrected chi connectivity index (χ3v) is 3.70. The molecule has 1 N–H and O–H groups in total. The lowest BCUT2D eigenvalue weighted by atomic mass is 9.73. The van der Waals surface area contributed by atoms with Crippen molar-refractivity contribution in [3.8, 4) is 0 Å². The first-order valence-corrected chi connectivity index (χ1v) is 5.48. The van der Waals surface area contributed by atoms with E-state index in [0.29, 0.717) is 5.92 Å². The van der Waals surface area contributed by atoms with Gasteiger partial charge < -0.3 is 9.84 Å². The fourth-order valence-electron chi connectivity index (χ4n) is 2.65. The average Bonchev–Trinajstić information content (AvgIpc) is 2.14. The van der Waals surface area contributed by atoms with Crippen LogP contribution < -0.4 is 0 Å². The van der Waals surface area contributed by atoms with Gasteiger partial charge in [-0.2, -0.15) is 0 Å². The Kier molecular flexibility index (Phi) is 2.52. The van der Waals surface area contributed by atoms with E-state index in [4.69, 9.17) is 4.74 Å². The highest BCUT2D eigenvalue weighted by molar-refractivity contribution is 5.73. The normalized spacial score (nSPS) is 48.2. The Morgan fingerprint density at radius 3 is 2.79 bits per heavy atom. The average molecular weight is 198 g/mol. The largest absolute Gasteiger partial charge is 0.462 e. The van der Waals surface area contributed by atoms with Gasteiger partial charge in [0.05, 0.1) is 12.0 Å². The minimum atomic E-state index is -0.492. The van der Waals surface area contributed by atoms with E-state index >= 15 is 0 Å². The molecule has 1 aliphatic carbocycles. The predicted octanol–water partition coefficient (Wildman–Crippen LogP) is 1.34. The zero-order chi connectivity index (χ0) is 10.3. The lowest BCUT2D eigenvalue weighted by molar-refractivity contribution is -0.184. The van der Waals surface area contributed by atoms with E-state index in [1.807, 2.05) is 0 Å². The molecule has 2 fully saturated rings. The molecule has 3 nitrogen and oxygen atoms in total. The SMILES string of the molecule is CC1CCC2C(C1)OC(=O)C(C)C2O. The van der Waals surface area contributed by atoms with Gasteiger partial charge in [-0.25, -0.2) is 0 Å². The van der Waals surface area contributed by atoms with Crippen molar-refractivity contribution in [3.63, 3.8) is 0 Å². The fraction of sp³-hybridized carbons (Fsp3) is 0.909. The number of carbonyl (C=O) groups excluding carboxylic acids is 1. The van der Waals surface area contributed by atoms with Crippen molar-refractivity contribution >= 4 is 5.97 Å². The molecule has 5 atom stereocenters. The van der Waals surface area contributed by atoms with Crippen LogP contribution in [0.3, 0.4) is 0 Å². The lowest BCUT2D eigenvalue weighted by Crippen LogP contribution is -2.50. The summed E-state index contributed by atoms with van der Waals surface area (Å²) < 4.78 is 5.34. The summed E-state index contributed by atoms with van der Waals surface area (Å²) in [5.41, 5.74) is 0. The van der Waals surface area contributed by atoms with Crippen LogP contribution in [-0.4, -0.2) is 23.3 Å². The zero-order valence-corrected chi connectivity index (χ0v) is 8.77. The van der Waals surface area contributed by atoms with Gasteiger partial charge in [-0.1, -0.05) is 13.3 Å². The smallest absolute Gasteiger partial charge is 0.311 e. The summed E-state index contributed by atoms with van der Waals surface area (Å²) in [6.07, 6.45) is 2.53. The molecule has 1 saturated carbocycles. The number of aliphatic hydroxyl groups is 1. The molecule has 0 amide bonds. The minimum Gasteiger partial charge on any atom is -0.462 e. The van der Waals surface area contributed by atoms with Gasteiger partial charge in [0.15, 0.2) is 0 Å². The van der Waals surface area contributed by atoms with E-state index in [-0.39, 0.29) is 23.9 Å². The first-order chi connectivity index (χ1) is 6.59. The van der Waals surface area contributed by atoms with E-state index < -0.39 is 6.10 Å². The Bertz CT molecular complexity index is 239. The summed E-state index contributed by atoms with van der Waals surface area (Å²) in [5, 5.41) is 9.93. The van der Waals surface area contributed by atoms with Crippen LogP contribution >= 0.6 is 0 Å². The second kappa shape index (κ2) is 3.54. The van der Waals surface area contributed by atoms with Crippen molar-refractivity contribution in [2.45, 2.75) is 45.3 Å². The monoisotopic (exact) mass is 198 g/mol. The molecular formula is C11H18O3. The number of carbonyl (C=O) groups is 1. The molecule has 0 spiro atoms. The topological polar surface area (TPSA) is 46.5 Å². The second-order valence-corrected chi connectivity index (χ2v) is 4.84. The number of esters is 1. The summed E-state index contributed by atoms with van der Waals surface area (Å²) in [5.74, 6) is 0.223. The Morgan fingerprint density at radius 1 is 1.36 bits per heavy atom. The maximum Gasteiger partial charge on any atom is 0.311 e. The van der Waals surface area contributed by atoms with Crippen LogP contribution in [0.1, 0.15) is 33.1 Å². The van der Waals surface area contributed by atoms with Gasteiger partial charge in [0.25, 0.3) is 0 Å². The molecule has 80 valence electrons. The van der Waals surface area contributed by atoms with Gasteiger partial charge in [0, 0.05) is 5.92 Å². The van der Waals surface area contributed by atoms with Gasteiger partial charge >= 0.3 is 5.97 Å². The van der Waals surface area contributed by atoms with E-state index in [9.17, 15) is 9.90 Å². The van der Waals surface area contributed by atoms with Crippen molar-refractivity contribution in [3.05, 3.63) is 0 Å². The Balaban J connectivity index is 2.11. The summed E-state index contributed by atoms with van der Waals surface area (Å²) in [7, 11) is 0. The Labute approximate surface area is 84.4 Å². The molecule has 1 heterocycles. The number of hydrogen-bond donors (Lipinski definition) is 1. The molecule has 1 aliphatic heterocycles. The number of ether oxygens (including phenoxy) is 1. The third-order valence-electron chi connectivity index (χ3n) is 3.70. The van der Waals surface area contributed by atoms with E-state index in [2.05, 4.69) is 6.92 Å². The summed E-state index contributed by atoms with van der Waals surface area (Å²) in [6.45, 7) is 3.93. The highest BCUT2D eigenvalue weighted by Gasteiger charge is 2.44. The molecule has 0 aromatic heterocycles. The van der Waals surface area contributed by atoms with Gasteiger partial charge in [-0.15, -0.1) is 0 Å². The van der Waals surface area contributed by atoms with Crippen LogP contribution in [0.2, 0.25) is 0 Å². The number of aliphatic hydroxyl groups excluding tert-OH is 1. The number of rotatable bonds is 0. The van der Waals surface area contributed by atoms with E-state index in [1.54, 1.807) is 6.92 Å². The second-order valence-electron chi connectivity index (χ2n) is 4.84. The molecule has 0 aromatic carbocycles. The first kappa shape index (κ1) is 9.97. The third kappa shape index (κ3) is 1.54. The molecule has 2 aliphatic rings. The van der Waals surface area contributed by atoms with E-state index in [0.717, 1.165) is 19.3 Å². The maximum absolute atomic E-state index is 11.4. The molecule has 14 heavy (non-hydrogen) atoms. The fourth-order valence-corrected chi connectivity index (χ4v) is 2.65. The molecule has 1 saturated heterocycles. The van der Waals surface area contributed by atoms with Gasteiger partial charge in [0.1, 0.15) is 6.10 Å².